The summed E-state index contributed by atoms with van der Waals surface area (Å²) in [4.78, 5) is 38.8. The highest BCUT2D eigenvalue weighted by Gasteiger charge is 2.39. The van der Waals surface area contributed by atoms with Gasteiger partial charge in [0.05, 0.1) is 5.69 Å². The van der Waals surface area contributed by atoms with Crippen LogP contribution in [0, 0.1) is 5.92 Å². The quantitative estimate of drug-likeness (QED) is 0.192. The number of amides is 2. The zero-order valence-electron chi connectivity index (χ0n) is 20.7. The molecule has 0 saturated carbocycles. The molecule has 0 aromatic heterocycles. The van der Waals surface area contributed by atoms with Gasteiger partial charge in [-0.1, -0.05) is 103 Å². The standard InChI is InChI=1S/C29H43NO3/c1-2-3-4-5-6-7-8-9-10-11-12-13-14-15-16-24-21-28(32)30(29(24)33)25-19-17-23-18-20-27(31)26(23)22-25/h17,19,22,24H,2-16,18,20-21H2,1H3. The average molecular weight is 454 g/mol. The van der Waals surface area contributed by atoms with Gasteiger partial charge in [-0.2, -0.15) is 0 Å². The van der Waals surface area contributed by atoms with Crippen molar-refractivity contribution in [1.29, 1.82) is 0 Å². The van der Waals surface area contributed by atoms with E-state index in [1.54, 1.807) is 6.07 Å². The van der Waals surface area contributed by atoms with E-state index >= 15 is 0 Å². The van der Waals surface area contributed by atoms with E-state index in [-0.39, 0.29) is 23.5 Å². The highest BCUT2D eigenvalue weighted by molar-refractivity contribution is 6.21. The van der Waals surface area contributed by atoms with Crippen LogP contribution in [0.1, 0.15) is 132 Å². The van der Waals surface area contributed by atoms with Gasteiger partial charge in [0.15, 0.2) is 5.78 Å². The van der Waals surface area contributed by atoms with Crippen molar-refractivity contribution in [2.45, 2.75) is 122 Å². The van der Waals surface area contributed by atoms with Crippen LogP contribution in [0.2, 0.25) is 0 Å². The van der Waals surface area contributed by atoms with Crippen molar-refractivity contribution in [2.24, 2.45) is 5.92 Å². The van der Waals surface area contributed by atoms with Gasteiger partial charge in [0.25, 0.3) is 0 Å². The predicted octanol–water partition coefficient (Wildman–Crippen LogP) is 7.57. The number of hydrogen-bond acceptors (Lipinski definition) is 3. The van der Waals surface area contributed by atoms with Gasteiger partial charge in [0, 0.05) is 24.3 Å². The third-order valence-corrected chi connectivity index (χ3v) is 7.42. The summed E-state index contributed by atoms with van der Waals surface area (Å²) in [5.41, 5.74) is 2.28. The maximum Gasteiger partial charge on any atom is 0.237 e. The van der Waals surface area contributed by atoms with Crippen LogP contribution in [-0.4, -0.2) is 17.6 Å². The summed E-state index contributed by atoms with van der Waals surface area (Å²) in [6, 6.07) is 5.47. The minimum Gasteiger partial charge on any atom is -0.294 e. The topological polar surface area (TPSA) is 54.5 Å². The van der Waals surface area contributed by atoms with Gasteiger partial charge >= 0.3 is 0 Å². The first-order chi connectivity index (χ1) is 16.1. The molecule has 4 nitrogen and oxygen atoms in total. The zero-order valence-corrected chi connectivity index (χ0v) is 20.7. The molecule has 3 rings (SSSR count). The average Bonchev–Trinajstić information content (AvgIpc) is 3.32. The number of rotatable bonds is 16. The molecule has 4 heteroatoms. The molecular weight excluding hydrogens is 410 g/mol. The first kappa shape index (κ1) is 25.6. The van der Waals surface area contributed by atoms with Crippen molar-refractivity contribution in [3.05, 3.63) is 29.3 Å². The molecule has 0 radical (unpaired) electrons. The minimum absolute atomic E-state index is 0.0832. The van der Waals surface area contributed by atoms with E-state index in [0.717, 1.165) is 31.2 Å². The molecular formula is C29H43NO3. The Bertz CT molecular complexity index is 800. The van der Waals surface area contributed by atoms with Gasteiger partial charge in [0.1, 0.15) is 0 Å². The number of nitrogens with zero attached hydrogens (tertiary/aromatic N) is 1. The minimum atomic E-state index is -0.196. The molecule has 1 saturated heterocycles. The van der Waals surface area contributed by atoms with E-state index in [9.17, 15) is 14.4 Å². The van der Waals surface area contributed by atoms with Gasteiger partial charge in [-0.3, -0.25) is 19.3 Å². The highest BCUT2D eigenvalue weighted by atomic mass is 16.2. The molecule has 1 atom stereocenters. The lowest BCUT2D eigenvalue weighted by Gasteiger charge is -2.16. The van der Waals surface area contributed by atoms with Crippen molar-refractivity contribution < 1.29 is 14.4 Å². The molecule has 1 unspecified atom stereocenters. The molecule has 2 aliphatic rings. The van der Waals surface area contributed by atoms with Crippen molar-refractivity contribution in [3.8, 4) is 0 Å². The van der Waals surface area contributed by atoms with E-state index in [4.69, 9.17) is 0 Å². The number of hydrogen-bond donors (Lipinski definition) is 0. The van der Waals surface area contributed by atoms with Crippen LogP contribution in [0.15, 0.2) is 18.2 Å². The maximum absolute atomic E-state index is 12.9. The Kier molecular flexibility index (Phi) is 10.6. The summed E-state index contributed by atoms with van der Waals surface area (Å²) in [5.74, 6) is -0.287. The number of carbonyl (C=O) groups is 3. The lowest BCUT2D eigenvalue weighted by atomic mass is 9.98. The number of imide groups is 1. The van der Waals surface area contributed by atoms with Crippen molar-refractivity contribution in [1.82, 2.24) is 0 Å². The third-order valence-electron chi connectivity index (χ3n) is 7.42. The van der Waals surface area contributed by atoms with Crippen LogP contribution >= 0.6 is 0 Å². The number of fused-ring (bicyclic) bond motifs is 1. The Balaban J connectivity index is 1.26. The molecule has 1 heterocycles. The largest absolute Gasteiger partial charge is 0.294 e. The van der Waals surface area contributed by atoms with Gasteiger partial charge in [-0.25, -0.2) is 0 Å². The summed E-state index contributed by atoms with van der Waals surface area (Å²) < 4.78 is 0. The molecule has 1 aromatic rings. The monoisotopic (exact) mass is 453 g/mol. The second-order valence-electron chi connectivity index (χ2n) is 10.1. The number of unbranched alkanes of at least 4 members (excludes halogenated alkanes) is 13. The Labute approximate surface area is 200 Å². The van der Waals surface area contributed by atoms with E-state index in [0.29, 0.717) is 24.1 Å². The molecule has 0 bridgehead atoms. The Morgan fingerprint density at radius 2 is 1.33 bits per heavy atom. The highest BCUT2D eigenvalue weighted by Crippen LogP contribution is 2.33. The van der Waals surface area contributed by atoms with Crippen molar-refractivity contribution >= 4 is 23.3 Å². The fourth-order valence-corrected chi connectivity index (χ4v) is 5.34. The molecule has 0 spiro atoms. The van der Waals surface area contributed by atoms with Gasteiger partial charge in [-0.05, 0) is 30.5 Å². The van der Waals surface area contributed by atoms with Crippen LogP contribution in [0.5, 0.6) is 0 Å². The molecule has 1 aromatic carbocycles. The van der Waals surface area contributed by atoms with E-state index in [2.05, 4.69) is 6.92 Å². The van der Waals surface area contributed by atoms with Crippen LogP contribution in [0.4, 0.5) is 5.69 Å². The molecule has 182 valence electrons. The number of anilines is 1. The molecule has 1 aliphatic heterocycles. The smallest absolute Gasteiger partial charge is 0.237 e. The maximum atomic E-state index is 12.9. The normalized spacial score (nSPS) is 17.9. The van der Waals surface area contributed by atoms with Gasteiger partial charge in [-0.15, -0.1) is 0 Å². The molecule has 1 aliphatic carbocycles. The van der Waals surface area contributed by atoms with E-state index in [1.165, 1.54) is 81.9 Å². The second kappa shape index (κ2) is 13.7. The Hall–Kier alpha value is -1.97. The van der Waals surface area contributed by atoms with E-state index in [1.807, 2.05) is 12.1 Å². The summed E-state index contributed by atoms with van der Waals surface area (Å²) in [6.07, 6.45) is 20.8. The number of aryl methyl sites for hydroxylation is 1. The number of benzene rings is 1. The SMILES string of the molecule is CCCCCCCCCCCCCCCCC1CC(=O)N(c2ccc3c(c2)C(=O)CC3)C1=O. The van der Waals surface area contributed by atoms with Crippen molar-refractivity contribution in [3.63, 3.8) is 0 Å². The van der Waals surface area contributed by atoms with Crippen LogP contribution in [0.25, 0.3) is 0 Å². The molecule has 0 N–H and O–H groups in total. The summed E-state index contributed by atoms with van der Waals surface area (Å²) >= 11 is 0. The lowest BCUT2D eigenvalue weighted by molar-refractivity contribution is -0.122. The van der Waals surface area contributed by atoms with Gasteiger partial charge in [0.2, 0.25) is 11.8 Å². The molecule has 2 amide bonds. The Morgan fingerprint density at radius 3 is 1.94 bits per heavy atom. The second-order valence-corrected chi connectivity index (χ2v) is 10.1. The lowest BCUT2D eigenvalue weighted by Crippen LogP contribution is -2.30. The number of Topliss-reactive ketones (excluding diaryl/α,β-unsaturated/α-hetero) is 1. The summed E-state index contributed by atoms with van der Waals surface area (Å²) in [7, 11) is 0. The van der Waals surface area contributed by atoms with Crippen molar-refractivity contribution in [2.75, 3.05) is 4.90 Å². The fourth-order valence-electron chi connectivity index (χ4n) is 5.34. The van der Waals surface area contributed by atoms with Crippen LogP contribution in [-0.2, 0) is 16.0 Å². The van der Waals surface area contributed by atoms with Crippen LogP contribution < -0.4 is 4.90 Å². The van der Waals surface area contributed by atoms with Gasteiger partial charge < -0.3 is 0 Å². The predicted molar refractivity (Wildman–Crippen MR) is 135 cm³/mol. The Morgan fingerprint density at radius 1 is 0.758 bits per heavy atom. The zero-order chi connectivity index (χ0) is 23.5. The summed E-state index contributed by atoms with van der Waals surface area (Å²) in [6.45, 7) is 2.27. The fraction of sp³-hybridized carbons (Fsp3) is 0.690. The number of ketones is 1. The first-order valence-corrected chi connectivity index (χ1v) is 13.6. The third kappa shape index (κ3) is 7.52. The molecule has 1 fully saturated rings. The van der Waals surface area contributed by atoms with E-state index < -0.39 is 0 Å². The summed E-state index contributed by atoms with van der Waals surface area (Å²) in [5, 5.41) is 0. The number of carbonyl (C=O) groups excluding carboxylic acids is 3. The first-order valence-electron chi connectivity index (χ1n) is 13.6. The van der Waals surface area contributed by atoms with Crippen LogP contribution in [0.3, 0.4) is 0 Å². The molecule has 33 heavy (non-hydrogen) atoms.